The molecule has 2 atom stereocenters. The Kier molecular flexibility index (Phi) is 10.8. The van der Waals surface area contributed by atoms with Gasteiger partial charge in [0.05, 0.1) is 13.2 Å². The minimum atomic E-state index is -1.07. The van der Waals surface area contributed by atoms with E-state index < -0.39 is 17.9 Å². The Balaban J connectivity index is 2.75. The van der Waals surface area contributed by atoms with Gasteiger partial charge in [-0.1, -0.05) is 34.1 Å². The van der Waals surface area contributed by atoms with Crippen molar-refractivity contribution in [2.75, 3.05) is 13.2 Å². The molecule has 0 spiro atoms. The quantitative estimate of drug-likeness (QED) is 0.454. The minimum Gasteiger partial charge on any atom is -0.490 e. The molecule has 1 aromatic rings. The molecular formula is C22H33NO6. The van der Waals surface area contributed by atoms with E-state index in [9.17, 15) is 19.5 Å². The van der Waals surface area contributed by atoms with E-state index in [1.807, 2.05) is 20.8 Å². The van der Waals surface area contributed by atoms with Crippen LogP contribution in [0.2, 0.25) is 0 Å². The van der Waals surface area contributed by atoms with Crippen LogP contribution < -0.4 is 14.8 Å². The number of ether oxygens (including phenoxy) is 2. The molecule has 0 fully saturated rings. The van der Waals surface area contributed by atoms with E-state index in [2.05, 4.69) is 5.32 Å². The van der Waals surface area contributed by atoms with E-state index in [-0.39, 0.29) is 24.5 Å². The van der Waals surface area contributed by atoms with Crippen LogP contribution in [0, 0.1) is 5.92 Å². The van der Waals surface area contributed by atoms with Gasteiger partial charge in [-0.15, -0.1) is 0 Å². The number of ketones is 1. The molecule has 0 unspecified atom stereocenters. The molecule has 7 heteroatoms. The molecular weight excluding hydrogens is 374 g/mol. The van der Waals surface area contributed by atoms with Gasteiger partial charge in [-0.3, -0.25) is 9.59 Å². The van der Waals surface area contributed by atoms with E-state index in [0.29, 0.717) is 36.7 Å². The van der Waals surface area contributed by atoms with Crippen LogP contribution in [0.3, 0.4) is 0 Å². The van der Waals surface area contributed by atoms with Crippen LogP contribution in [0.4, 0.5) is 0 Å². The Morgan fingerprint density at radius 1 is 1.00 bits per heavy atom. The Morgan fingerprint density at radius 2 is 1.62 bits per heavy atom. The standard InChI is InChI=1S/C22H33NO6/c1-5-12-28-18-10-8-16(14-19(18)29-13-6-2)17(24)9-11-20(25)23-21(22(26)27)15(4)7-3/h8,10,14-15,21H,5-7,9,11-13H2,1-4H3,(H,23,25)(H,26,27)/t15-,21+/m0/s1. The lowest BCUT2D eigenvalue weighted by atomic mass is 9.99. The van der Waals surface area contributed by atoms with Gasteiger partial charge in [0, 0.05) is 18.4 Å². The van der Waals surface area contributed by atoms with Crippen LogP contribution >= 0.6 is 0 Å². The Bertz CT molecular complexity index is 688. The molecule has 0 heterocycles. The number of nitrogens with one attached hydrogen (secondary N) is 1. The molecule has 0 saturated heterocycles. The van der Waals surface area contributed by atoms with Gasteiger partial charge in [0.25, 0.3) is 0 Å². The monoisotopic (exact) mass is 407 g/mol. The molecule has 0 aromatic heterocycles. The third kappa shape index (κ3) is 8.13. The number of rotatable bonds is 14. The van der Waals surface area contributed by atoms with Gasteiger partial charge in [-0.2, -0.15) is 0 Å². The molecule has 7 nitrogen and oxygen atoms in total. The summed E-state index contributed by atoms with van der Waals surface area (Å²) in [7, 11) is 0. The number of hydrogen-bond donors (Lipinski definition) is 2. The fraction of sp³-hybridized carbons (Fsp3) is 0.591. The van der Waals surface area contributed by atoms with E-state index in [1.165, 1.54) is 0 Å². The van der Waals surface area contributed by atoms with Gasteiger partial charge in [0.2, 0.25) is 5.91 Å². The second kappa shape index (κ2) is 12.8. The number of Topliss-reactive ketones (excluding diaryl/α,β-unsaturated/α-hetero) is 1. The average Bonchev–Trinajstić information content (AvgIpc) is 2.72. The number of hydrogen-bond acceptors (Lipinski definition) is 5. The van der Waals surface area contributed by atoms with Crippen molar-refractivity contribution in [2.24, 2.45) is 5.92 Å². The smallest absolute Gasteiger partial charge is 0.326 e. The van der Waals surface area contributed by atoms with Crippen molar-refractivity contribution in [3.05, 3.63) is 23.8 Å². The number of carbonyl (C=O) groups excluding carboxylic acids is 2. The van der Waals surface area contributed by atoms with Gasteiger partial charge in [0.1, 0.15) is 6.04 Å². The zero-order valence-corrected chi connectivity index (χ0v) is 17.8. The minimum absolute atomic E-state index is 0.0128. The van der Waals surface area contributed by atoms with E-state index in [4.69, 9.17) is 9.47 Å². The van der Waals surface area contributed by atoms with Crippen molar-refractivity contribution >= 4 is 17.7 Å². The molecule has 2 N–H and O–H groups in total. The lowest BCUT2D eigenvalue weighted by Crippen LogP contribution is -2.45. The van der Waals surface area contributed by atoms with Gasteiger partial charge >= 0.3 is 5.97 Å². The van der Waals surface area contributed by atoms with Crippen LogP contribution in [0.25, 0.3) is 0 Å². The third-order valence-corrected chi connectivity index (χ3v) is 4.56. The SMILES string of the molecule is CCCOc1ccc(C(=O)CCC(=O)N[C@@H](C(=O)O)[C@@H](C)CC)cc1OCCC. The first-order valence-corrected chi connectivity index (χ1v) is 10.3. The fourth-order valence-electron chi connectivity index (χ4n) is 2.64. The van der Waals surface area contributed by atoms with E-state index in [1.54, 1.807) is 25.1 Å². The molecule has 0 bridgehead atoms. The third-order valence-electron chi connectivity index (χ3n) is 4.56. The maximum Gasteiger partial charge on any atom is 0.326 e. The van der Waals surface area contributed by atoms with Crippen LogP contribution in [0.1, 0.15) is 70.2 Å². The summed E-state index contributed by atoms with van der Waals surface area (Å²) in [6.07, 6.45) is 2.23. The van der Waals surface area contributed by atoms with Crippen LogP contribution in [-0.4, -0.2) is 42.0 Å². The topological polar surface area (TPSA) is 102 Å². The Morgan fingerprint density at radius 3 is 2.17 bits per heavy atom. The molecule has 0 aliphatic heterocycles. The summed E-state index contributed by atoms with van der Waals surface area (Å²) in [5, 5.41) is 11.8. The molecule has 0 aliphatic carbocycles. The highest BCUT2D eigenvalue weighted by molar-refractivity contribution is 5.98. The van der Waals surface area contributed by atoms with Crippen LogP contribution in [0.5, 0.6) is 11.5 Å². The number of carboxylic acid groups (broad SMARTS) is 1. The van der Waals surface area contributed by atoms with Crippen molar-refractivity contribution in [2.45, 2.75) is 65.8 Å². The second-order valence-corrected chi connectivity index (χ2v) is 7.05. The van der Waals surface area contributed by atoms with Gasteiger partial charge in [-0.25, -0.2) is 4.79 Å². The molecule has 29 heavy (non-hydrogen) atoms. The predicted octanol–water partition coefficient (Wildman–Crippen LogP) is 3.84. The number of carboxylic acids is 1. The molecule has 1 amide bonds. The summed E-state index contributed by atoms with van der Waals surface area (Å²) in [6.45, 7) is 8.69. The summed E-state index contributed by atoms with van der Waals surface area (Å²) < 4.78 is 11.4. The highest BCUT2D eigenvalue weighted by atomic mass is 16.5. The molecule has 0 aliphatic rings. The first-order chi connectivity index (χ1) is 13.8. The molecule has 0 saturated carbocycles. The number of amides is 1. The number of aliphatic carboxylic acids is 1. The van der Waals surface area contributed by atoms with Gasteiger partial charge < -0.3 is 19.9 Å². The highest BCUT2D eigenvalue weighted by Crippen LogP contribution is 2.29. The maximum absolute atomic E-state index is 12.5. The molecule has 1 aromatic carbocycles. The normalized spacial score (nSPS) is 12.7. The lowest BCUT2D eigenvalue weighted by Gasteiger charge is -2.20. The van der Waals surface area contributed by atoms with Crippen molar-refractivity contribution in [1.82, 2.24) is 5.32 Å². The van der Waals surface area contributed by atoms with Crippen molar-refractivity contribution in [1.29, 1.82) is 0 Å². The summed E-state index contributed by atoms with van der Waals surface area (Å²) in [6, 6.07) is 4.05. The number of benzene rings is 1. The first-order valence-electron chi connectivity index (χ1n) is 10.3. The predicted molar refractivity (Wildman–Crippen MR) is 111 cm³/mol. The van der Waals surface area contributed by atoms with Crippen LogP contribution in [-0.2, 0) is 9.59 Å². The highest BCUT2D eigenvalue weighted by Gasteiger charge is 2.25. The largest absolute Gasteiger partial charge is 0.490 e. The summed E-state index contributed by atoms with van der Waals surface area (Å²) in [5.41, 5.74) is 0.435. The van der Waals surface area contributed by atoms with Crippen LogP contribution in [0.15, 0.2) is 18.2 Å². The summed E-state index contributed by atoms with van der Waals surface area (Å²) in [4.78, 5) is 36.0. The zero-order valence-electron chi connectivity index (χ0n) is 17.8. The summed E-state index contributed by atoms with van der Waals surface area (Å²) >= 11 is 0. The Hall–Kier alpha value is -2.57. The van der Waals surface area contributed by atoms with E-state index >= 15 is 0 Å². The molecule has 162 valence electrons. The van der Waals surface area contributed by atoms with Gasteiger partial charge in [-0.05, 0) is 37.0 Å². The Labute approximate surface area is 172 Å². The lowest BCUT2D eigenvalue weighted by molar-refractivity contribution is -0.143. The molecule has 0 radical (unpaired) electrons. The number of carbonyl (C=O) groups is 3. The average molecular weight is 408 g/mol. The first kappa shape index (κ1) is 24.5. The maximum atomic E-state index is 12.5. The fourth-order valence-corrected chi connectivity index (χ4v) is 2.64. The van der Waals surface area contributed by atoms with Crippen molar-refractivity contribution in [3.8, 4) is 11.5 Å². The van der Waals surface area contributed by atoms with Gasteiger partial charge in [0.15, 0.2) is 17.3 Å². The van der Waals surface area contributed by atoms with E-state index in [0.717, 1.165) is 12.8 Å². The summed E-state index contributed by atoms with van der Waals surface area (Å²) in [5.74, 6) is -0.818. The van der Waals surface area contributed by atoms with Crippen molar-refractivity contribution in [3.63, 3.8) is 0 Å². The zero-order chi connectivity index (χ0) is 21.8. The van der Waals surface area contributed by atoms with Crippen molar-refractivity contribution < 1.29 is 29.0 Å². The second-order valence-electron chi connectivity index (χ2n) is 7.05. The molecule has 1 rings (SSSR count).